The molecule has 9 heteroatoms. The molecule has 0 fully saturated rings. The Balaban J connectivity index is 2.02. The van der Waals surface area contributed by atoms with Gasteiger partial charge in [0.15, 0.2) is 6.54 Å². The third-order valence-corrected chi connectivity index (χ3v) is 6.80. The molecule has 3 N–H and O–H groups in total. The predicted octanol–water partition coefficient (Wildman–Crippen LogP) is 4.47. The Hall–Kier alpha value is -4.66. The molecule has 0 bridgehead atoms. The van der Waals surface area contributed by atoms with Crippen molar-refractivity contribution in [2.24, 2.45) is 0 Å². The lowest BCUT2D eigenvalue weighted by Crippen LogP contribution is -2.31. The standard InChI is InChI=1S/C30H30N2O7/c1-3-31(15-13-27(33)34)19-9-11-23-25(17-19)39-26-18-20(32(4-2)16-14-28(35)36)10-12-24(26)29(23)21-7-5-6-8-22(21)30(37)38/h5-12,17-18H,3-4,13-16H2,1-2H3,(H2-,33,34,35,36,37,38)/p+1. The quantitative estimate of drug-likeness (QED) is 0.191. The Morgan fingerprint density at radius 2 is 1.62 bits per heavy atom. The third kappa shape index (κ3) is 5.93. The summed E-state index contributed by atoms with van der Waals surface area (Å²) in [5.74, 6) is -2.28. The summed E-state index contributed by atoms with van der Waals surface area (Å²) in [6.45, 7) is 5.75. The van der Waals surface area contributed by atoms with Crippen LogP contribution in [0.1, 0.15) is 37.0 Å². The van der Waals surface area contributed by atoms with Gasteiger partial charge in [0, 0.05) is 47.4 Å². The van der Waals surface area contributed by atoms with Crippen LogP contribution >= 0.6 is 0 Å². The Labute approximate surface area is 225 Å². The lowest BCUT2D eigenvalue weighted by molar-refractivity contribution is -0.137. The van der Waals surface area contributed by atoms with Crippen LogP contribution in [0.15, 0.2) is 65.1 Å². The third-order valence-electron chi connectivity index (χ3n) is 6.80. The van der Waals surface area contributed by atoms with Crippen molar-refractivity contribution in [2.75, 3.05) is 31.1 Å². The minimum absolute atomic E-state index is 0.00939. The average molecular weight is 532 g/mol. The van der Waals surface area contributed by atoms with E-state index in [1.165, 1.54) is 0 Å². The fourth-order valence-electron chi connectivity index (χ4n) is 4.84. The molecule has 0 atom stereocenters. The molecule has 4 rings (SSSR count). The molecule has 0 spiro atoms. The maximum absolute atomic E-state index is 12.2. The summed E-state index contributed by atoms with van der Waals surface area (Å²) in [7, 11) is 0. The first kappa shape index (κ1) is 27.4. The minimum atomic E-state index is -1.04. The first-order chi connectivity index (χ1) is 18.7. The molecular weight excluding hydrogens is 500 g/mol. The van der Waals surface area contributed by atoms with E-state index in [1.54, 1.807) is 24.3 Å². The molecule has 0 saturated heterocycles. The molecule has 1 aliphatic carbocycles. The molecule has 2 aliphatic rings. The van der Waals surface area contributed by atoms with E-state index in [0.717, 1.165) is 22.0 Å². The van der Waals surface area contributed by atoms with E-state index in [-0.39, 0.29) is 18.4 Å². The Morgan fingerprint density at radius 3 is 2.28 bits per heavy atom. The van der Waals surface area contributed by atoms with Gasteiger partial charge in [-0.1, -0.05) is 18.2 Å². The van der Waals surface area contributed by atoms with E-state index < -0.39 is 17.9 Å². The van der Waals surface area contributed by atoms with Gasteiger partial charge in [0.05, 0.1) is 18.1 Å². The summed E-state index contributed by atoms with van der Waals surface area (Å²) in [4.78, 5) is 36.4. The van der Waals surface area contributed by atoms with Crippen molar-refractivity contribution in [3.63, 3.8) is 0 Å². The maximum Gasteiger partial charge on any atom is 0.336 e. The van der Waals surface area contributed by atoms with Crippen LogP contribution in [-0.4, -0.2) is 59.4 Å². The van der Waals surface area contributed by atoms with Crippen molar-refractivity contribution >= 4 is 34.6 Å². The van der Waals surface area contributed by atoms with Crippen LogP contribution in [0.5, 0.6) is 0 Å². The number of anilines is 1. The zero-order chi connectivity index (χ0) is 28.1. The molecule has 1 aliphatic heterocycles. The van der Waals surface area contributed by atoms with Gasteiger partial charge in [-0.15, -0.1) is 0 Å². The number of benzene rings is 3. The number of fused-ring (bicyclic) bond motifs is 2. The van der Waals surface area contributed by atoms with Crippen molar-refractivity contribution in [3.8, 4) is 22.5 Å². The fraction of sp³-hybridized carbons (Fsp3) is 0.267. The van der Waals surface area contributed by atoms with Crippen LogP contribution in [-0.2, 0) is 9.59 Å². The van der Waals surface area contributed by atoms with Crippen molar-refractivity contribution in [3.05, 3.63) is 71.6 Å². The molecule has 1 heterocycles. The molecule has 2 aromatic carbocycles. The van der Waals surface area contributed by atoms with E-state index >= 15 is 0 Å². The topological polar surface area (TPSA) is 131 Å². The normalized spacial score (nSPS) is 11.9. The molecule has 39 heavy (non-hydrogen) atoms. The summed E-state index contributed by atoms with van der Waals surface area (Å²) in [6.07, 6.45) is -0.0188. The fourth-order valence-corrected chi connectivity index (χ4v) is 4.84. The van der Waals surface area contributed by atoms with Crippen molar-refractivity contribution in [1.29, 1.82) is 0 Å². The van der Waals surface area contributed by atoms with Gasteiger partial charge >= 0.3 is 17.9 Å². The SMILES string of the molecule is CCN(CCC(=O)O)c1ccc2c(-c3ccccc3C(=O)O)c3ccc(=[N+](CC)CCC(=O)O)cc-3oc2c1. The van der Waals surface area contributed by atoms with Gasteiger partial charge in [-0.25, -0.2) is 9.37 Å². The summed E-state index contributed by atoms with van der Waals surface area (Å²) in [5.41, 5.74) is 3.46. The monoisotopic (exact) mass is 531 g/mol. The van der Waals surface area contributed by atoms with Crippen LogP contribution in [0.2, 0.25) is 0 Å². The van der Waals surface area contributed by atoms with Crippen LogP contribution in [0.25, 0.3) is 33.4 Å². The van der Waals surface area contributed by atoms with Crippen LogP contribution in [0.4, 0.5) is 5.69 Å². The Morgan fingerprint density at radius 1 is 0.872 bits per heavy atom. The van der Waals surface area contributed by atoms with Gasteiger partial charge in [0.2, 0.25) is 5.36 Å². The Bertz CT molecular complexity index is 1590. The number of rotatable bonds is 11. The molecule has 2 aromatic rings. The number of hydrogen-bond acceptors (Lipinski definition) is 5. The van der Waals surface area contributed by atoms with Gasteiger partial charge in [0.1, 0.15) is 24.3 Å². The van der Waals surface area contributed by atoms with Gasteiger partial charge in [-0.2, -0.15) is 0 Å². The van der Waals surface area contributed by atoms with E-state index in [9.17, 15) is 19.5 Å². The number of carbonyl (C=O) groups is 3. The van der Waals surface area contributed by atoms with Crippen molar-refractivity contribution in [2.45, 2.75) is 26.7 Å². The molecule has 0 unspecified atom stereocenters. The first-order valence-corrected chi connectivity index (χ1v) is 12.8. The summed E-state index contributed by atoms with van der Waals surface area (Å²) in [6, 6.07) is 18.1. The lowest BCUT2D eigenvalue weighted by Gasteiger charge is -2.23. The van der Waals surface area contributed by atoms with E-state index in [0.29, 0.717) is 48.6 Å². The van der Waals surface area contributed by atoms with Gasteiger partial charge in [-0.05, 0) is 43.7 Å². The van der Waals surface area contributed by atoms with E-state index in [4.69, 9.17) is 14.6 Å². The second-order valence-electron chi connectivity index (χ2n) is 9.14. The van der Waals surface area contributed by atoms with E-state index in [1.807, 2.05) is 59.7 Å². The molecule has 202 valence electrons. The van der Waals surface area contributed by atoms with Gasteiger partial charge < -0.3 is 24.6 Å². The van der Waals surface area contributed by atoms with Gasteiger partial charge in [0.25, 0.3) is 0 Å². The number of carboxylic acids is 3. The van der Waals surface area contributed by atoms with Crippen LogP contribution < -0.4 is 14.8 Å². The highest BCUT2D eigenvalue weighted by Crippen LogP contribution is 2.42. The zero-order valence-electron chi connectivity index (χ0n) is 21.9. The summed E-state index contributed by atoms with van der Waals surface area (Å²) < 4.78 is 8.34. The van der Waals surface area contributed by atoms with E-state index in [2.05, 4.69) is 0 Å². The molecule has 0 saturated carbocycles. The van der Waals surface area contributed by atoms with Crippen molar-refractivity contribution < 1.29 is 34.1 Å². The summed E-state index contributed by atoms with van der Waals surface area (Å²) in [5, 5.41) is 29.8. The highest BCUT2D eigenvalue weighted by Gasteiger charge is 2.23. The predicted molar refractivity (Wildman–Crippen MR) is 148 cm³/mol. The highest BCUT2D eigenvalue weighted by atomic mass is 16.4. The number of nitrogens with zero attached hydrogens (tertiary/aromatic N) is 2. The van der Waals surface area contributed by atoms with Gasteiger partial charge in [-0.3, -0.25) is 9.59 Å². The molecular formula is C30H31N2O7+. The first-order valence-electron chi connectivity index (χ1n) is 12.8. The number of aromatic carboxylic acids is 1. The van der Waals surface area contributed by atoms with Crippen LogP contribution in [0, 0.1) is 0 Å². The lowest BCUT2D eigenvalue weighted by atomic mass is 9.90. The second kappa shape index (κ2) is 11.8. The molecule has 0 aromatic heterocycles. The number of aliphatic carboxylic acids is 2. The maximum atomic E-state index is 12.2. The second-order valence-corrected chi connectivity index (χ2v) is 9.14. The largest absolute Gasteiger partial charge is 0.481 e. The molecule has 9 nitrogen and oxygen atoms in total. The minimum Gasteiger partial charge on any atom is -0.481 e. The summed E-state index contributed by atoms with van der Waals surface area (Å²) >= 11 is 0. The van der Waals surface area contributed by atoms with Crippen molar-refractivity contribution in [1.82, 2.24) is 4.58 Å². The molecule has 0 radical (unpaired) electrons. The average Bonchev–Trinajstić information content (AvgIpc) is 2.91. The highest BCUT2D eigenvalue weighted by molar-refractivity contribution is 6.07. The number of hydrogen-bond donors (Lipinski definition) is 3. The zero-order valence-corrected chi connectivity index (χ0v) is 21.9. The number of carboxylic acid groups (broad SMARTS) is 3. The molecule has 0 amide bonds. The smallest absolute Gasteiger partial charge is 0.336 e. The van der Waals surface area contributed by atoms with Crippen LogP contribution in [0.3, 0.4) is 0 Å². The Kier molecular flexibility index (Phi) is 8.29.